The minimum atomic E-state index is -0.945. The van der Waals surface area contributed by atoms with Crippen molar-refractivity contribution in [1.82, 2.24) is 5.32 Å². The van der Waals surface area contributed by atoms with E-state index in [1.165, 1.54) is 18.2 Å². The highest BCUT2D eigenvalue weighted by molar-refractivity contribution is 5.94. The molecule has 1 atom stereocenters. The number of rotatable bonds is 8. The Morgan fingerprint density at radius 3 is 2.55 bits per heavy atom. The zero-order valence-electron chi connectivity index (χ0n) is 16.0. The van der Waals surface area contributed by atoms with Crippen molar-refractivity contribution in [2.24, 2.45) is 5.92 Å². The second-order valence-electron chi connectivity index (χ2n) is 7.12. The third kappa shape index (κ3) is 5.32. The van der Waals surface area contributed by atoms with Gasteiger partial charge in [0.15, 0.2) is 6.61 Å². The summed E-state index contributed by atoms with van der Waals surface area (Å²) in [7, 11) is 0. The van der Waals surface area contributed by atoms with Gasteiger partial charge in [0.1, 0.15) is 29.3 Å². The smallest absolute Gasteiger partial charge is 0.342 e. The number of benzene rings is 2. The molecule has 1 aliphatic rings. The molecule has 1 N–H and O–H groups in total. The molecule has 1 saturated carbocycles. The summed E-state index contributed by atoms with van der Waals surface area (Å²) >= 11 is 0. The number of nitriles is 1. The van der Waals surface area contributed by atoms with E-state index < -0.39 is 24.0 Å². The van der Waals surface area contributed by atoms with Crippen LogP contribution < -0.4 is 10.1 Å². The number of carbonyl (C=O) groups is 2. The van der Waals surface area contributed by atoms with Crippen molar-refractivity contribution in [1.29, 1.82) is 5.26 Å². The van der Waals surface area contributed by atoms with Gasteiger partial charge in [0.25, 0.3) is 5.91 Å². The van der Waals surface area contributed by atoms with E-state index in [0.717, 1.165) is 18.4 Å². The van der Waals surface area contributed by atoms with Crippen LogP contribution in [0.1, 0.15) is 35.7 Å². The number of nitrogens with zero attached hydrogens (tertiary/aromatic N) is 1. The molecule has 150 valence electrons. The molecule has 1 aliphatic carbocycles. The Kier molecular flexibility index (Phi) is 6.13. The molecule has 0 heterocycles. The Morgan fingerprint density at radius 2 is 1.90 bits per heavy atom. The highest BCUT2D eigenvalue weighted by Crippen LogP contribution is 2.39. The first-order chi connectivity index (χ1) is 13.9. The second-order valence-corrected chi connectivity index (χ2v) is 7.12. The Balaban J connectivity index is 1.57. The average Bonchev–Trinajstić information content (AvgIpc) is 3.58. The van der Waals surface area contributed by atoms with Crippen molar-refractivity contribution in [3.8, 4) is 11.8 Å². The van der Waals surface area contributed by atoms with Gasteiger partial charge in [-0.1, -0.05) is 24.3 Å². The minimum absolute atomic E-state index is 0.132. The van der Waals surface area contributed by atoms with Crippen molar-refractivity contribution in [2.75, 3.05) is 6.61 Å². The van der Waals surface area contributed by atoms with Gasteiger partial charge in [0.2, 0.25) is 0 Å². The highest BCUT2D eigenvalue weighted by atomic mass is 19.1. The summed E-state index contributed by atoms with van der Waals surface area (Å²) in [5.74, 6) is -1.15. The molecule has 29 heavy (non-hydrogen) atoms. The molecule has 6 nitrogen and oxygen atoms in total. The zero-order valence-corrected chi connectivity index (χ0v) is 16.0. The fourth-order valence-electron chi connectivity index (χ4n) is 2.92. The van der Waals surface area contributed by atoms with Crippen LogP contribution in [0.4, 0.5) is 4.39 Å². The van der Waals surface area contributed by atoms with Crippen LogP contribution in [-0.2, 0) is 16.1 Å². The summed E-state index contributed by atoms with van der Waals surface area (Å²) in [5, 5.41) is 11.9. The van der Waals surface area contributed by atoms with Crippen molar-refractivity contribution >= 4 is 11.9 Å². The monoisotopic (exact) mass is 396 g/mol. The van der Waals surface area contributed by atoms with Gasteiger partial charge in [-0.3, -0.25) is 4.79 Å². The SMILES string of the molecule is C[C@@](C#N)(NC(=O)COC(=O)c1ccccc1OCc1ccc(F)cc1)C1CC1. The molecule has 2 aromatic carbocycles. The average molecular weight is 396 g/mol. The largest absolute Gasteiger partial charge is 0.488 e. The molecule has 0 bridgehead atoms. The van der Waals surface area contributed by atoms with Crippen molar-refractivity contribution in [2.45, 2.75) is 31.9 Å². The summed E-state index contributed by atoms with van der Waals surface area (Å²) in [6.45, 7) is 1.32. The fourth-order valence-corrected chi connectivity index (χ4v) is 2.92. The Labute approximate surface area is 168 Å². The number of esters is 1. The maximum Gasteiger partial charge on any atom is 0.342 e. The van der Waals surface area contributed by atoms with Crippen LogP contribution in [0, 0.1) is 23.1 Å². The molecule has 1 amide bonds. The number of hydrogen-bond acceptors (Lipinski definition) is 5. The Bertz CT molecular complexity index is 935. The van der Waals surface area contributed by atoms with E-state index in [9.17, 15) is 19.2 Å². The standard InChI is InChI=1S/C22H21FN2O4/c1-22(14-24,16-8-9-16)25-20(26)13-29-21(27)18-4-2-3-5-19(18)28-12-15-6-10-17(23)11-7-15/h2-7,10-11,16H,8-9,12-13H2,1H3,(H,25,26)/t22-/m0/s1. The molecular formula is C22H21FN2O4. The van der Waals surface area contributed by atoms with E-state index in [1.807, 2.05) is 0 Å². The number of ether oxygens (including phenoxy) is 2. The van der Waals surface area contributed by atoms with E-state index in [1.54, 1.807) is 37.3 Å². The molecular weight excluding hydrogens is 375 g/mol. The maximum absolute atomic E-state index is 13.0. The molecule has 0 aliphatic heterocycles. The van der Waals surface area contributed by atoms with Crippen LogP contribution >= 0.6 is 0 Å². The van der Waals surface area contributed by atoms with Crippen molar-refractivity contribution in [3.05, 3.63) is 65.5 Å². The number of para-hydroxylation sites is 1. The number of nitrogens with one attached hydrogen (secondary N) is 1. The first-order valence-corrected chi connectivity index (χ1v) is 9.27. The van der Waals surface area contributed by atoms with Crippen LogP contribution in [0.3, 0.4) is 0 Å². The predicted octanol–water partition coefficient (Wildman–Crippen LogP) is 3.37. The van der Waals surface area contributed by atoms with Gasteiger partial charge in [-0.2, -0.15) is 5.26 Å². The molecule has 3 rings (SSSR count). The van der Waals surface area contributed by atoms with E-state index in [-0.39, 0.29) is 23.9 Å². The van der Waals surface area contributed by atoms with Gasteiger partial charge in [0, 0.05) is 0 Å². The Morgan fingerprint density at radius 1 is 1.21 bits per heavy atom. The third-order valence-corrected chi connectivity index (χ3v) is 4.77. The molecule has 0 aromatic heterocycles. The Hall–Kier alpha value is -3.40. The number of amides is 1. The van der Waals surface area contributed by atoms with Gasteiger partial charge in [-0.05, 0) is 55.5 Å². The number of halogens is 1. The molecule has 0 spiro atoms. The molecule has 2 aromatic rings. The predicted molar refractivity (Wildman–Crippen MR) is 102 cm³/mol. The van der Waals surface area contributed by atoms with Crippen molar-refractivity contribution in [3.63, 3.8) is 0 Å². The van der Waals surface area contributed by atoms with E-state index in [4.69, 9.17) is 9.47 Å². The number of carbonyl (C=O) groups excluding carboxylic acids is 2. The van der Waals surface area contributed by atoms with Gasteiger partial charge in [-0.25, -0.2) is 9.18 Å². The lowest BCUT2D eigenvalue weighted by Crippen LogP contribution is -2.48. The highest BCUT2D eigenvalue weighted by Gasteiger charge is 2.43. The first-order valence-electron chi connectivity index (χ1n) is 9.27. The first kappa shape index (κ1) is 20.3. The quantitative estimate of drug-likeness (QED) is 0.691. The van der Waals surface area contributed by atoms with E-state index >= 15 is 0 Å². The van der Waals surface area contributed by atoms with Crippen LogP contribution in [0.5, 0.6) is 5.75 Å². The van der Waals surface area contributed by atoms with Gasteiger partial charge in [0.05, 0.1) is 6.07 Å². The van der Waals surface area contributed by atoms with E-state index in [0.29, 0.717) is 5.75 Å². The minimum Gasteiger partial charge on any atom is -0.488 e. The van der Waals surface area contributed by atoms with Gasteiger partial charge < -0.3 is 14.8 Å². The van der Waals surface area contributed by atoms with Crippen molar-refractivity contribution < 1.29 is 23.5 Å². The van der Waals surface area contributed by atoms with Gasteiger partial charge in [-0.15, -0.1) is 0 Å². The fraction of sp³-hybridized carbons (Fsp3) is 0.318. The molecule has 0 saturated heterocycles. The van der Waals surface area contributed by atoms with Crippen LogP contribution in [0.25, 0.3) is 0 Å². The molecule has 0 unspecified atom stereocenters. The zero-order chi connectivity index (χ0) is 20.9. The summed E-state index contributed by atoms with van der Waals surface area (Å²) in [6, 6.07) is 14.5. The van der Waals surface area contributed by atoms with Crippen LogP contribution in [0.15, 0.2) is 48.5 Å². The lowest BCUT2D eigenvalue weighted by molar-refractivity contribution is -0.125. The summed E-state index contributed by atoms with van der Waals surface area (Å²) in [5.41, 5.74) is -0.0305. The van der Waals surface area contributed by atoms with Crippen LogP contribution in [0.2, 0.25) is 0 Å². The molecule has 0 radical (unpaired) electrons. The second kappa shape index (κ2) is 8.74. The maximum atomic E-state index is 13.0. The topological polar surface area (TPSA) is 88.4 Å². The summed E-state index contributed by atoms with van der Waals surface area (Å²) < 4.78 is 23.8. The summed E-state index contributed by atoms with van der Waals surface area (Å²) in [4.78, 5) is 24.5. The lowest BCUT2D eigenvalue weighted by Gasteiger charge is -2.22. The van der Waals surface area contributed by atoms with Gasteiger partial charge >= 0.3 is 5.97 Å². The van der Waals surface area contributed by atoms with E-state index in [2.05, 4.69) is 11.4 Å². The lowest BCUT2D eigenvalue weighted by atomic mass is 9.98. The molecule has 1 fully saturated rings. The third-order valence-electron chi connectivity index (χ3n) is 4.77. The molecule has 7 heteroatoms. The van der Waals surface area contributed by atoms with Crippen LogP contribution in [-0.4, -0.2) is 24.0 Å². The number of hydrogen-bond donors (Lipinski definition) is 1. The summed E-state index contributed by atoms with van der Waals surface area (Å²) in [6.07, 6.45) is 1.78. The normalized spacial score (nSPS) is 14.9.